The van der Waals surface area contributed by atoms with Crippen LogP contribution in [-0.4, -0.2) is 30.1 Å². The van der Waals surface area contributed by atoms with Crippen molar-refractivity contribution in [2.75, 3.05) is 13.1 Å². The quantitative estimate of drug-likeness (QED) is 0.737. The van der Waals surface area contributed by atoms with Crippen LogP contribution in [-0.2, 0) is 6.54 Å². The van der Waals surface area contributed by atoms with Crippen LogP contribution in [0.4, 0.5) is 0 Å². The topological polar surface area (TPSA) is 15.3 Å². The number of thiophene rings is 1. The average Bonchev–Trinajstić information content (AvgIpc) is 2.84. The van der Waals surface area contributed by atoms with E-state index in [0.29, 0.717) is 12.1 Å². The molecule has 1 rings (SSSR count). The Kier molecular flexibility index (Phi) is 7.66. The SMILES string of the molecule is CCC(CNCC(C)C)N(Cc1cccs1)C(C)C. The van der Waals surface area contributed by atoms with Gasteiger partial charge in [-0.05, 0) is 44.2 Å². The minimum atomic E-state index is 0.591. The van der Waals surface area contributed by atoms with Crippen molar-refractivity contribution in [2.24, 2.45) is 5.92 Å². The summed E-state index contributed by atoms with van der Waals surface area (Å²) in [6.07, 6.45) is 1.20. The summed E-state index contributed by atoms with van der Waals surface area (Å²) < 4.78 is 0. The highest BCUT2D eigenvalue weighted by Gasteiger charge is 2.20. The van der Waals surface area contributed by atoms with Gasteiger partial charge in [-0.3, -0.25) is 4.90 Å². The Bertz CT molecular complexity index is 319. The molecule has 0 spiro atoms. The van der Waals surface area contributed by atoms with Gasteiger partial charge in [0, 0.05) is 30.1 Å². The molecule has 1 atom stereocenters. The largest absolute Gasteiger partial charge is 0.315 e. The molecule has 0 aliphatic heterocycles. The van der Waals surface area contributed by atoms with E-state index in [1.54, 1.807) is 0 Å². The van der Waals surface area contributed by atoms with E-state index < -0.39 is 0 Å². The smallest absolute Gasteiger partial charge is 0.0334 e. The summed E-state index contributed by atoms with van der Waals surface area (Å²) in [6, 6.07) is 5.61. The number of nitrogens with one attached hydrogen (secondary N) is 1. The van der Waals surface area contributed by atoms with Gasteiger partial charge in [0.1, 0.15) is 0 Å². The molecular formula is C16H30N2S. The Labute approximate surface area is 123 Å². The zero-order valence-electron chi connectivity index (χ0n) is 13.1. The summed E-state index contributed by atoms with van der Waals surface area (Å²) >= 11 is 1.86. The van der Waals surface area contributed by atoms with Crippen molar-refractivity contribution in [1.82, 2.24) is 10.2 Å². The maximum absolute atomic E-state index is 3.61. The van der Waals surface area contributed by atoms with Crippen molar-refractivity contribution in [3.05, 3.63) is 22.4 Å². The van der Waals surface area contributed by atoms with E-state index in [0.717, 1.165) is 25.6 Å². The van der Waals surface area contributed by atoms with Crippen LogP contribution in [0.3, 0.4) is 0 Å². The molecule has 0 fully saturated rings. The van der Waals surface area contributed by atoms with Gasteiger partial charge in [0.15, 0.2) is 0 Å². The van der Waals surface area contributed by atoms with Crippen molar-refractivity contribution in [2.45, 2.75) is 59.7 Å². The first-order valence-electron chi connectivity index (χ1n) is 7.53. The third-order valence-electron chi connectivity index (χ3n) is 3.45. The summed E-state index contributed by atoms with van der Waals surface area (Å²) in [5.74, 6) is 0.724. The lowest BCUT2D eigenvalue weighted by molar-refractivity contribution is 0.137. The molecule has 3 heteroatoms. The van der Waals surface area contributed by atoms with Crippen molar-refractivity contribution in [1.29, 1.82) is 0 Å². The molecule has 1 unspecified atom stereocenters. The number of hydrogen-bond acceptors (Lipinski definition) is 3. The van der Waals surface area contributed by atoms with Crippen molar-refractivity contribution < 1.29 is 0 Å². The zero-order chi connectivity index (χ0) is 14.3. The summed E-state index contributed by atoms with van der Waals surface area (Å²) in [5.41, 5.74) is 0. The van der Waals surface area contributed by atoms with Crippen molar-refractivity contribution in [3.63, 3.8) is 0 Å². The van der Waals surface area contributed by atoms with Crippen LogP contribution in [0.1, 0.15) is 45.9 Å². The maximum Gasteiger partial charge on any atom is 0.0334 e. The fraction of sp³-hybridized carbons (Fsp3) is 0.750. The molecule has 1 N–H and O–H groups in total. The van der Waals surface area contributed by atoms with Crippen molar-refractivity contribution >= 4 is 11.3 Å². The minimum Gasteiger partial charge on any atom is -0.315 e. The van der Waals surface area contributed by atoms with Crippen LogP contribution in [0.25, 0.3) is 0 Å². The molecule has 0 aliphatic rings. The van der Waals surface area contributed by atoms with Gasteiger partial charge in [-0.1, -0.05) is 26.8 Å². The molecule has 0 aromatic carbocycles. The van der Waals surface area contributed by atoms with Gasteiger partial charge < -0.3 is 5.32 Å². The Morgan fingerprint density at radius 2 is 1.95 bits per heavy atom. The standard InChI is InChI=1S/C16H30N2S/c1-6-15(11-17-10-13(2)3)18(14(4)5)12-16-8-7-9-19-16/h7-9,13-15,17H,6,10-12H2,1-5H3. The van der Waals surface area contributed by atoms with Gasteiger partial charge in [-0.2, -0.15) is 0 Å². The fourth-order valence-corrected chi connectivity index (χ4v) is 3.06. The highest BCUT2D eigenvalue weighted by Crippen LogP contribution is 2.17. The van der Waals surface area contributed by atoms with E-state index in [1.165, 1.54) is 11.3 Å². The second-order valence-electron chi connectivity index (χ2n) is 5.96. The molecule has 1 aromatic rings. The fourth-order valence-electron chi connectivity index (χ4n) is 2.35. The molecule has 1 aromatic heterocycles. The van der Waals surface area contributed by atoms with Gasteiger partial charge in [0.2, 0.25) is 0 Å². The Hall–Kier alpha value is -0.380. The molecule has 1 heterocycles. The Morgan fingerprint density at radius 3 is 2.42 bits per heavy atom. The Morgan fingerprint density at radius 1 is 1.21 bits per heavy atom. The van der Waals surface area contributed by atoms with E-state index in [4.69, 9.17) is 0 Å². The molecule has 0 aliphatic carbocycles. The normalized spacial score (nSPS) is 13.7. The molecule has 0 amide bonds. The summed E-state index contributed by atoms with van der Waals surface area (Å²) in [6.45, 7) is 14.7. The lowest BCUT2D eigenvalue weighted by Gasteiger charge is -2.34. The van der Waals surface area contributed by atoms with Crippen molar-refractivity contribution in [3.8, 4) is 0 Å². The van der Waals surface area contributed by atoms with Crippen LogP contribution in [0.2, 0.25) is 0 Å². The molecule has 0 saturated heterocycles. The summed E-state index contributed by atoms with van der Waals surface area (Å²) in [4.78, 5) is 4.09. The molecule has 2 nitrogen and oxygen atoms in total. The first-order chi connectivity index (χ1) is 9.04. The molecule has 0 saturated carbocycles. The number of hydrogen-bond donors (Lipinski definition) is 1. The third-order valence-corrected chi connectivity index (χ3v) is 4.32. The minimum absolute atomic E-state index is 0.591. The predicted molar refractivity (Wildman–Crippen MR) is 86.8 cm³/mol. The maximum atomic E-state index is 3.61. The highest BCUT2D eigenvalue weighted by molar-refractivity contribution is 7.09. The van der Waals surface area contributed by atoms with Crippen LogP contribution in [0.5, 0.6) is 0 Å². The Balaban J connectivity index is 2.55. The molecule has 110 valence electrons. The lowest BCUT2D eigenvalue weighted by atomic mass is 10.1. The van der Waals surface area contributed by atoms with Gasteiger partial charge in [0.25, 0.3) is 0 Å². The summed E-state index contributed by atoms with van der Waals surface area (Å²) in [7, 11) is 0. The summed E-state index contributed by atoms with van der Waals surface area (Å²) in [5, 5.41) is 5.78. The molecular weight excluding hydrogens is 252 g/mol. The van der Waals surface area contributed by atoms with E-state index >= 15 is 0 Å². The zero-order valence-corrected chi connectivity index (χ0v) is 14.0. The van der Waals surface area contributed by atoms with Crippen LogP contribution >= 0.6 is 11.3 Å². The van der Waals surface area contributed by atoms with E-state index in [1.807, 2.05) is 11.3 Å². The van der Waals surface area contributed by atoms with Gasteiger partial charge in [0.05, 0.1) is 0 Å². The second kappa shape index (κ2) is 8.72. The van der Waals surface area contributed by atoms with Crippen LogP contribution in [0.15, 0.2) is 17.5 Å². The number of rotatable bonds is 9. The van der Waals surface area contributed by atoms with E-state index in [9.17, 15) is 0 Å². The lowest BCUT2D eigenvalue weighted by Crippen LogP contribution is -2.45. The van der Waals surface area contributed by atoms with Gasteiger partial charge >= 0.3 is 0 Å². The highest BCUT2D eigenvalue weighted by atomic mass is 32.1. The second-order valence-corrected chi connectivity index (χ2v) is 6.99. The first-order valence-corrected chi connectivity index (χ1v) is 8.41. The molecule has 0 radical (unpaired) electrons. The van der Waals surface area contributed by atoms with E-state index in [2.05, 4.69) is 62.3 Å². The number of nitrogens with zero attached hydrogens (tertiary/aromatic N) is 1. The predicted octanol–water partition coefficient (Wildman–Crippen LogP) is 3.98. The first kappa shape index (κ1) is 16.7. The monoisotopic (exact) mass is 282 g/mol. The third kappa shape index (κ3) is 6.07. The molecule has 19 heavy (non-hydrogen) atoms. The van der Waals surface area contributed by atoms with Crippen LogP contribution in [0, 0.1) is 5.92 Å². The van der Waals surface area contributed by atoms with Crippen LogP contribution < -0.4 is 5.32 Å². The average molecular weight is 282 g/mol. The van der Waals surface area contributed by atoms with E-state index in [-0.39, 0.29) is 0 Å². The molecule has 0 bridgehead atoms. The van der Waals surface area contributed by atoms with Gasteiger partial charge in [-0.15, -0.1) is 11.3 Å². The van der Waals surface area contributed by atoms with Gasteiger partial charge in [-0.25, -0.2) is 0 Å².